The number of amides is 1. The monoisotopic (exact) mass is 358 g/mol. The van der Waals surface area contributed by atoms with Crippen molar-refractivity contribution in [1.82, 2.24) is 5.32 Å². The second-order valence-electron chi connectivity index (χ2n) is 6.31. The van der Waals surface area contributed by atoms with Gasteiger partial charge in [0.05, 0.1) is 4.90 Å². The second-order valence-corrected chi connectivity index (χ2v) is 7.99. The molecule has 5 nitrogen and oxygen atoms in total. The van der Waals surface area contributed by atoms with Crippen molar-refractivity contribution in [3.63, 3.8) is 0 Å². The zero-order chi connectivity index (χ0) is 17.7. The van der Waals surface area contributed by atoms with E-state index in [1.54, 1.807) is 36.4 Å². The lowest BCUT2D eigenvalue weighted by molar-refractivity contribution is 0.0927. The van der Waals surface area contributed by atoms with Crippen molar-refractivity contribution in [1.29, 1.82) is 0 Å². The Morgan fingerprint density at radius 1 is 0.920 bits per heavy atom. The molecule has 2 aromatic rings. The highest BCUT2D eigenvalue weighted by atomic mass is 32.2. The van der Waals surface area contributed by atoms with E-state index in [2.05, 4.69) is 10.0 Å². The van der Waals surface area contributed by atoms with Crippen LogP contribution in [0.3, 0.4) is 0 Å². The van der Waals surface area contributed by atoms with Gasteiger partial charge >= 0.3 is 0 Å². The molecule has 0 aromatic heterocycles. The van der Waals surface area contributed by atoms with Gasteiger partial charge in [-0.1, -0.05) is 43.5 Å². The van der Waals surface area contributed by atoms with Crippen molar-refractivity contribution in [2.75, 3.05) is 4.72 Å². The third-order valence-corrected chi connectivity index (χ3v) is 5.75. The summed E-state index contributed by atoms with van der Waals surface area (Å²) in [6, 6.07) is 15.0. The molecule has 132 valence electrons. The number of benzene rings is 2. The zero-order valence-corrected chi connectivity index (χ0v) is 14.8. The van der Waals surface area contributed by atoms with E-state index in [1.165, 1.54) is 18.6 Å². The van der Waals surface area contributed by atoms with E-state index in [-0.39, 0.29) is 16.8 Å². The van der Waals surface area contributed by atoms with Gasteiger partial charge in [-0.2, -0.15) is 0 Å². The Hall–Kier alpha value is -2.34. The Morgan fingerprint density at radius 2 is 1.64 bits per heavy atom. The maximum atomic E-state index is 12.5. The second kappa shape index (κ2) is 7.70. The van der Waals surface area contributed by atoms with E-state index in [9.17, 15) is 13.2 Å². The highest BCUT2D eigenvalue weighted by molar-refractivity contribution is 7.92. The van der Waals surface area contributed by atoms with Crippen molar-refractivity contribution >= 4 is 21.6 Å². The molecule has 25 heavy (non-hydrogen) atoms. The maximum Gasteiger partial charge on any atom is 0.261 e. The van der Waals surface area contributed by atoms with Crippen LogP contribution in [0.15, 0.2) is 59.5 Å². The average Bonchev–Trinajstić information content (AvgIpc) is 2.63. The molecular formula is C19H22N2O3S. The summed E-state index contributed by atoms with van der Waals surface area (Å²) < 4.78 is 27.6. The van der Waals surface area contributed by atoms with E-state index in [0.29, 0.717) is 11.3 Å². The fourth-order valence-corrected chi connectivity index (χ4v) is 4.14. The zero-order valence-electron chi connectivity index (χ0n) is 13.9. The number of sulfonamides is 1. The predicted molar refractivity (Wildman–Crippen MR) is 98.0 cm³/mol. The van der Waals surface area contributed by atoms with E-state index in [4.69, 9.17) is 0 Å². The van der Waals surface area contributed by atoms with Gasteiger partial charge in [0.1, 0.15) is 0 Å². The molecule has 0 atom stereocenters. The number of carbonyl (C=O) groups excluding carboxylic acids is 1. The summed E-state index contributed by atoms with van der Waals surface area (Å²) in [5.41, 5.74) is 0.848. The van der Waals surface area contributed by atoms with Gasteiger partial charge in [-0.15, -0.1) is 0 Å². The molecule has 0 saturated heterocycles. The first-order valence-electron chi connectivity index (χ1n) is 8.53. The molecule has 0 radical (unpaired) electrons. The number of para-hydroxylation sites is 1. The van der Waals surface area contributed by atoms with Crippen molar-refractivity contribution in [3.8, 4) is 0 Å². The Morgan fingerprint density at radius 3 is 2.36 bits per heavy atom. The van der Waals surface area contributed by atoms with Crippen LogP contribution >= 0.6 is 0 Å². The van der Waals surface area contributed by atoms with Gasteiger partial charge in [0.15, 0.2) is 0 Å². The predicted octanol–water partition coefficient (Wildman–Crippen LogP) is 3.55. The van der Waals surface area contributed by atoms with Gasteiger partial charge in [0.2, 0.25) is 0 Å². The summed E-state index contributed by atoms with van der Waals surface area (Å²) in [5, 5.41) is 3.01. The summed E-state index contributed by atoms with van der Waals surface area (Å²) in [7, 11) is -3.73. The number of hydrogen-bond acceptors (Lipinski definition) is 3. The summed E-state index contributed by atoms with van der Waals surface area (Å²) in [5.74, 6) is -0.219. The smallest absolute Gasteiger partial charge is 0.261 e. The molecule has 0 bridgehead atoms. The van der Waals surface area contributed by atoms with Crippen molar-refractivity contribution in [2.45, 2.75) is 43.0 Å². The Labute approximate surface area is 148 Å². The van der Waals surface area contributed by atoms with Gasteiger partial charge < -0.3 is 5.32 Å². The molecule has 2 N–H and O–H groups in total. The third-order valence-electron chi connectivity index (χ3n) is 4.37. The average molecular weight is 358 g/mol. The van der Waals surface area contributed by atoms with Crippen LogP contribution in [-0.2, 0) is 10.0 Å². The van der Waals surface area contributed by atoms with Crippen LogP contribution in [0.5, 0.6) is 0 Å². The summed E-state index contributed by atoms with van der Waals surface area (Å²) >= 11 is 0. The molecule has 1 aliphatic carbocycles. The van der Waals surface area contributed by atoms with E-state index in [1.807, 2.05) is 6.07 Å². The first-order valence-corrected chi connectivity index (χ1v) is 10.0. The minimum absolute atomic E-state index is 0.0765. The fourth-order valence-electron chi connectivity index (χ4n) is 3.04. The molecule has 1 saturated carbocycles. The Balaban J connectivity index is 1.75. The summed E-state index contributed by atoms with van der Waals surface area (Å²) in [6.07, 6.45) is 5.44. The first-order chi connectivity index (χ1) is 12.0. The molecule has 1 fully saturated rings. The maximum absolute atomic E-state index is 12.5. The van der Waals surface area contributed by atoms with Crippen LogP contribution in [0.1, 0.15) is 42.5 Å². The van der Waals surface area contributed by atoms with E-state index >= 15 is 0 Å². The molecule has 2 aromatic carbocycles. The quantitative estimate of drug-likeness (QED) is 0.858. The molecular weight excluding hydrogens is 336 g/mol. The first kappa shape index (κ1) is 17.5. The Kier molecular flexibility index (Phi) is 5.38. The molecule has 6 heteroatoms. The molecule has 0 aliphatic heterocycles. The van der Waals surface area contributed by atoms with Crippen molar-refractivity contribution in [3.05, 3.63) is 60.2 Å². The highest BCUT2D eigenvalue weighted by Gasteiger charge is 2.19. The third kappa shape index (κ3) is 4.60. The fraction of sp³-hybridized carbons (Fsp3) is 0.316. The van der Waals surface area contributed by atoms with Crippen molar-refractivity contribution < 1.29 is 13.2 Å². The lowest BCUT2D eigenvalue weighted by atomic mass is 9.95. The molecule has 0 heterocycles. The normalized spacial score (nSPS) is 15.5. The number of rotatable bonds is 5. The topological polar surface area (TPSA) is 75.3 Å². The molecule has 0 unspecified atom stereocenters. The number of hydrogen-bond donors (Lipinski definition) is 2. The largest absolute Gasteiger partial charge is 0.349 e. The lowest BCUT2D eigenvalue weighted by Gasteiger charge is -2.22. The number of nitrogens with one attached hydrogen (secondary N) is 2. The van der Waals surface area contributed by atoms with Gasteiger partial charge in [-0.3, -0.25) is 9.52 Å². The van der Waals surface area contributed by atoms with Crippen molar-refractivity contribution in [2.24, 2.45) is 0 Å². The lowest BCUT2D eigenvalue weighted by Crippen LogP contribution is -2.36. The standard InChI is InChI=1S/C19H22N2O3S/c22-19(20-16-9-3-1-4-10-16)15-8-7-13-18(14-15)25(23,24)21-17-11-5-2-6-12-17/h2,5-8,11-14,16,21H,1,3-4,9-10H2,(H,20,22). The number of carbonyl (C=O) groups is 1. The molecule has 0 spiro atoms. The molecule has 1 amide bonds. The summed E-state index contributed by atoms with van der Waals surface area (Å²) in [4.78, 5) is 12.5. The van der Waals surface area contributed by atoms with Crippen LogP contribution in [0, 0.1) is 0 Å². The van der Waals surface area contributed by atoms with Crippen LogP contribution in [0.25, 0.3) is 0 Å². The van der Waals surface area contributed by atoms with E-state index < -0.39 is 10.0 Å². The minimum atomic E-state index is -3.73. The molecule has 3 rings (SSSR count). The van der Waals surface area contributed by atoms with Gasteiger partial charge in [-0.25, -0.2) is 8.42 Å². The highest BCUT2D eigenvalue weighted by Crippen LogP contribution is 2.19. The van der Waals surface area contributed by atoms with Gasteiger partial charge in [0.25, 0.3) is 15.9 Å². The summed E-state index contributed by atoms with van der Waals surface area (Å²) in [6.45, 7) is 0. The minimum Gasteiger partial charge on any atom is -0.349 e. The SMILES string of the molecule is O=C(NC1CCCCC1)c1cccc(S(=O)(=O)Nc2ccccc2)c1. The van der Waals surface area contributed by atoms with E-state index in [0.717, 1.165) is 25.7 Å². The van der Waals surface area contributed by atoms with Gasteiger partial charge in [0, 0.05) is 17.3 Å². The molecule has 1 aliphatic rings. The van der Waals surface area contributed by atoms with Crippen LogP contribution < -0.4 is 10.0 Å². The van der Waals surface area contributed by atoms with Crippen LogP contribution in [0.4, 0.5) is 5.69 Å². The Bertz CT molecular complexity index is 829. The van der Waals surface area contributed by atoms with Gasteiger partial charge in [-0.05, 0) is 43.2 Å². The van der Waals surface area contributed by atoms with Crippen LogP contribution in [0.2, 0.25) is 0 Å². The number of anilines is 1. The van der Waals surface area contributed by atoms with Crippen LogP contribution in [-0.4, -0.2) is 20.4 Å².